The predicted molar refractivity (Wildman–Crippen MR) is 117 cm³/mol. The van der Waals surface area contributed by atoms with Crippen LogP contribution in [0.15, 0.2) is 78.7 Å². The molecule has 2 heterocycles. The standard InChI is InChI=1S/C25H27N3O3/c1-2-25(18-15-23(29)28(16-18)17-19-9-6-7-14-27-19)21(24(26)30)12-8-13-22(25)31-20-10-4-3-5-11-20/h3-14,18,21H,2,15-17H2,1H3,(H2,26,30). The summed E-state index contributed by atoms with van der Waals surface area (Å²) in [7, 11) is 0. The van der Waals surface area contributed by atoms with Gasteiger partial charge in [-0.2, -0.15) is 0 Å². The molecule has 2 aromatic rings. The number of pyridine rings is 1. The second kappa shape index (κ2) is 8.76. The summed E-state index contributed by atoms with van der Waals surface area (Å²) in [5.74, 6) is 0.376. The van der Waals surface area contributed by atoms with E-state index < -0.39 is 17.2 Å². The molecule has 0 bridgehead atoms. The third-order valence-corrected chi connectivity index (χ3v) is 6.45. The molecule has 6 nitrogen and oxygen atoms in total. The average Bonchev–Trinajstić information content (AvgIpc) is 3.15. The highest BCUT2D eigenvalue weighted by atomic mass is 16.5. The summed E-state index contributed by atoms with van der Waals surface area (Å²) in [6.07, 6.45) is 8.26. The number of likely N-dealkylation sites (tertiary alicyclic amines) is 1. The lowest BCUT2D eigenvalue weighted by molar-refractivity contribution is -0.129. The Morgan fingerprint density at radius 3 is 2.68 bits per heavy atom. The van der Waals surface area contributed by atoms with E-state index in [0.717, 1.165) is 5.69 Å². The van der Waals surface area contributed by atoms with Crippen molar-refractivity contribution in [2.45, 2.75) is 26.3 Å². The molecule has 31 heavy (non-hydrogen) atoms. The van der Waals surface area contributed by atoms with Crippen LogP contribution in [0.1, 0.15) is 25.5 Å². The molecule has 1 saturated heterocycles. The van der Waals surface area contributed by atoms with E-state index in [9.17, 15) is 9.59 Å². The molecule has 2 N–H and O–H groups in total. The van der Waals surface area contributed by atoms with Gasteiger partial charge in [-0.15, -0.1) is 0 Å². The molecule has 3 unspecified atom stereocenters. The first-order valence-electron chi connectivity index (χ1n) is 10.6. The van der Waals surface area contributed by atoms with Crippen molar-refractivity contribution >= 4 is 11.8 Å². The van der Waals surface area contributed by atoms with Gasteiger partial charge in [-0.3, -0.25) is 14.6 Å². The van der Waals surface area contributed by atoms with Crippen molar-refractivity contribution in [1.29, 1.82) is 0 Å². The van der Waals surface area contributed by atoms with Gasteiger partial charge in [0.2, 0.25) is 11.8 Å². The highest BCUT2D eigenvalue weighted by Crippen LogP contribution is 2.52. The normalized spacial score (nSPS) is 25.4. The smallest absolute Gasteiger partial charge is 0.225 e. The highest BCUT2D eigenvalue weighted by Gasteiger charge is 2.54. The van der Waals surface area contributed by atoms with E-state index in [-0.39, 0.29) is 11.8 Å². The summed E-state index contributed by atoms with van der Waals surface area (Å²) in [5, 5.41) is 0. The Bertz CT molecular complexity index is 1000. The van der Waals surface area contributed by atoms with E-state index in [2.05, 4.69) is 4.98 Å². The van der Waals surface area contributed by atoms with Crippen molar-refractivity contribution in [3.8, 4) is 5.75 Å². The fraction of sp³-hybridized carbons (Fsp3) is 0.320. The summed E-state index contributed by atoms with van der Waals surface area (Å²) in [6, 6.07) is 15.2. The van der Waals surface area contributed by atoms with Gasteiger partial charge >= 0.3 is 0 Å². The maximum atomic E-state index is 12.9. The molecule has 6 heteroatoms. The summed E-state index contributed by atoms with van der Waals surface area (Å²) >= 11 is 0. The van der Waals surface area contributed by atoms with Crippen LogP contribution in [0.25, 0.3) is 0 Å². The van der Waals surface area contributed by atoms with E-state index >= 15 is 0 Å². The molecule has 3 atom stereocenters. The van der Waals surface area contributed by atoms with Crippen LogP contribution in [0.4, 0.5) is 0 Å². The van der Waals surface area contributed by atoms with Crippen LogP contribution in [0.3, 0.4) is 0 Å². The molecule has 1 aliphatic heterocycles. The molecule has 2 amide bonds. The second-order valence-corrected chi connectivity index (χ2v) is 8.10. The van der Waals surface area contributed by atoms with Gasteiger partial charge in [-0.05, 0) is 42.7 Å². The van der Waals surface area contributed by atoms with Crippen LogP contribution in [0.2, 0.25) is 0 Å². The van der Waals surface area contributed by atoms with Gasteiger partial charge in [0.25, 0.3) is 0 Å². The van der Waals surface area contributed by atoms with E-state index in [0.29, 0.717) is 37.4 Å². The van der Waals surface area contributed by atoms with Crippen LogP contribution in [-0.4, -0.2) is 28.2 Å². The first-order valence-corrected chi connectivity index (χ1v) is 10.6. The fourth-order valence-electron chi connectivity index (χ4n) is 4.92. The lowest BCUT2D eigenvalue weighted by Crippen LogP contribution is -2.48. The molecular formula is C25H27N3O3. The average molecular weight is 418 g/mol. The number of nitrogens with two attached hydrogens (primary N) is 1. The SMILES string of the molecule is CCC1(C2CC(=O)N(Cc3ccccn3)C2)C(Oc2ccccc2)=CC=CC1C(N)=O. The first kappa shape index (κ1) is 20.8. The number of para-hydroxylation sites is 1. The van der Waals surface area contributed by atoms with Crippen LogP contribution < -0.4 is 10.5 Å². The lowest BCUT2D eigenvalue weighted by Gasteiger charge is -2.44. The number of rotatable bonds is 7. The third-order valence-electron chi connectivity index (χ3n) is 6.45. The Hall–Kier alpha value is -3.41. The number of primary amides is 1. The number of carbonyl (C=O) groups excluding carboxylic acids is 2. The molecule has 4 rings (SSSR count). The second-order valence-electron chi connectivity index (χ2n) is 8.10. The van der Waals surface area contributed by atoms with Gasteiger partial charge in [0.15, 0.2) is 0 Å². The third kappa shape index (κ3) is 3.98. The molecule has 160 valence electrons. The predicted octanol–water partition coefficient (Wildman–Crippen LogP) is 3.46. The van der Waals surface area contributed by atoms with Crippen LogP contribution in [0.5, 0.6) is 5.75 Å². The fourth-order valence-corrected chi connectivity index (χ4v) is 4.92. The molecule has 1 fully saturated rings. The quantitative estimate of drug-likeness (QED) is 0.748. The molecule has 0 radical (unpaired) electrons. The van der Waals surface area contributed by atoms with Gasteiger partial charge in [0.1, 0.15) is 11.5 Å². The van der Waals surface area contributed by atoms with Gasteiger partial charge in [0, 0.05) is 24.6 Å². The zero-order valence-corrected chi connectivity index (χ0v) is 17.6. The molecule has 2 aliphatic rings. The first-order chi connectivity index (χ1) is 15.0. The van der Waals surface area contributed by atoms with Crippen LogP contribution in [-0.2, 0) is 16.1 Å². The summed E-state index contributed by atoms with van der Waals surface area (Å²) in [4.78, 5) is 31.6. The number of allylic oxidation sites excluding steroid dienone is 3. The Balaban J connectivity index is 1.66. The number of hydrogen-bond donors (Lipinski definition) is 1. The van der Waals surface area contributed by atoms with Gasteiger partial charge in [-0.1, -0.05) is 43.3 Å². The molecular weight excluding hydrogens is 390 g/mol. The summed E-state index contributed by atoms with van der Waals surface area (Å²) < 4.78 is 6.30. The van der Waals surface area contributed by atoms with Crippen molar-refractivity contribution in [2.75, 3.05) is 6.54 Å². The minimum Gasteiger partial charge on any atom is -0.461 e. The minimum atomic E-state index is -0.690. The number of ether oxygens (including phenoxy) is 1. The molecule has 0 saturated carbocycles. The van der Waals surface area contributed by atoms with E-state index in [4.69, 9.17) is 10.5 Å². The number of nitrogens with zero attached hydrogens (tertiary/aromatic N) is 2. The topological polar surface area (TPSA) is 85.5 Å². The lowest BCUT2D eigenvalue weighted by atomic mass is 9.61. The van der Waals surface area contributed by atoms with Crippen molar-refractivity contribution in [2.24, 2.45) is 23.0 Å². The highest BCUT2D eigenvalue weighted by molar-refractivity contribution is 5.82. The maximum Gasteiger partial charge on any atom is 0.225 e. The molecule has 1 aliphatic carbocycles. The number of amides is 2. The summed E-state index contributed by atoms with van der Waals surface area (Å²) in [5.41, 5.74) is 6.00. The Morgan fingerprint density at radius 2 is 2.00 bits per heavy atom. The Kier molecular flexibility index (Phi) is 5.89. The van der Waals surface area contributed by atoms with E-state index in [1.807, 2.05) is 78.6 Å². The zero-order valence-electron chi connectivity index (χ0n) is 17.6. The van der Waals surface area contributed by atoms with E-state index in [1.165, 1.54) is 0 Å². The van der Waals surface area contributed by atoms with E-state index in [1.54, 1.807) is 6.20 Å². The molecule has 1 aromatic heterocycles. The van der Waals surface area contributed by atoms with Gasteiger partial charge < -0.3 is 15.4 Å². The largest absolute Gasteiger partial charge is 0.461 e. The number of carbonyl (C=O) groups is 2. The van der Waals surface area contributed by atoms with Crippen molar-refractivity contribution < 1.29 is 14.3 Å². The monoisotopic (exact) mass is 417 g/mol. The molecule has 1 aromatic carbocycles. The maximum absolute atomic E-state index is 12.9. The molecule has 0 spiro atoms. The van der Waals surface area contributed by atoms with Gasteiger partial charge in [0.05, 0.1) is 18.2 Å². The van der Waals surface area contributed by atoms with Crippen molar-refractivity contribution in [1.82, 2.24) is 9.88 Å². The van der Waals surface area contributed by atoms with Crippen molar-refractivity contribution in [3.05, 3.63) is 84.4 Å². The van der Waals surface area contributed by atoms with Crippen LogP contribution >= 0.6 is 0 Å². The van der Waals surface area contributed by atoms with Crippen LogP contribution in [0, 0.1) is 17.3 Å². The number of aromatic nitrogens is 1. The Labute approximate surface area is 182 Å². The summed E-state index contributed by atoms with van der Waals surface area (Å²) in [6.45, 7) is 3.01. The Morgan fingerprint density at radius 1 is 1.23 bits per heavy atom. The number of hydrogen-bond acceptors (Lipinski definition) is 4. The zero-order chi connectivity index (χ0) is 21.8. The number of benzene rings is 1. The minimum absolute atomic E-state index is 0.0558. The van der Waals surface area contributed by atoms with Gasteiger partial charge in [-0.25, -0.2) is 0 Å². The van der Waals surface area contributed by atoms with Crippen molar-refractivity contribution in [3.63, 3.8) is 0 Å².